The van der Waals surface area contributed by atoms with Crippen molar-refractivity contribution in [3.63, 3.8) is 0 Å². The molecule has 0 spiro atoms. The summed E-state index contributed by atoms with van der Waals surface area (Å²) in [5.41, 5.74) is 13.1. The quantitative estimate of drug-likeness (QED) is 0.490. The Labute approximate surface area is 117 Å². The number of nitrogens with two attached hydrogens (primary N) is 2. The Morgan fingerprint density at radius 3 is 2.15 bits per heavy atom. The number of ether oxygens (including phenoxy) is 1. The molecule has 2 aromatic rings. The molecule has 0 aliphatic heterocycles. The minimum atomic E-state index is 0.00836. The fourth-order valence-corrected chi connectivity index (χ4v) is 1.75. The molecule has 0 radical (unpaired) electrons. The van der Waals surface area contributed by atoms with Crippen LogP contribution in [-0.2, 0) is 6.61 Å². The number of rotatable bonds is 5. The van der Waals surface area contributed by atoms with Gasteiger partial charge in [0, 0.05) is 11.1 Å². The van der Waals surface area contributed by atoms with Crippen molar-refractivity contribution >= 4 is 11.7 Å². The van der Waals surface area contributed by atoms with Crippen molar-refractivity contribution < 1.29 is 4.74 Å². The first-order valence-electron chi connectivity index (χ1n) is 6.07. The molecule has 5 heteroatoms. The van der Waals surface area contributed by atoms with E-state index in [1.165, 1.54) is 0 Å². The van der Waals surface area contributed by atoms with E-state index in [1.54, 1.807) is 30.3 Å². The van der Waals surface area contributed by atoms with Gasteiger partial charge in [-0.1, -0.05) is 30.3 Å². The standard InChI is InChI=1S/C15H16N4O/c16-14(17)11-4-1-3-10(7-11)9-20-13-6-2-5-12(8-13)15(18)19/h1-8H,9H2,(H3,16,17)(H3,18,19). The first kappa shape index (κ1) is 13.6. The molecule has 0 aliphatic carbocycles. The number of nitrogens with one attached hydrogen (secondary N) is 2. The van der Waals surface area contributed by atoms with Crippen molar-refractivity contribution in [2.45, 2.75) is 6.61 Å². The third-order valence-corrected chi connectivity index (χ3v) is 2.79. The van der Waals surface area contributed by atoms with Crippen LogP contribution in [0.3, 0.4) is 0 Å². The maximum atomic E-state index is 7.40. The Balaban J connectivity index is 2.08. The van der Waals surface area contributed by atoms with Gasteiger partial charge in [0.1, 0.15) is 24.0 Å². The van der Waals surface area contributed by atoms with Crippen LogP contribution in [0, 0.1) is 10.8 Å². The second-order valence-corrected chi connectivity index (χ2v) is 4.34. The monoisotopic (exact) mass is 268 g/mol. The van der Waals surface area contributed by atoms with Gasteiger partial charge in [0.05, 0.1) is 0 Å². The van der Waals surface area contributed by atoms with Crippen molar-refractivity contribution in [3.8, 4) is 5.75 Å². The fraction of sp³-hybridized carbons (Fsp3) is 0.0667. The lowest BCUT2D eigenvalue weighted by Crippen LogP contribution is -2.11. The Kier molecular flexibility index (Phi) is 4.00. The van der Waals surface area contributed by atoms with Crippen molar-refractivity contribution in [3.05, 3.63) is 65.2 Å². The number of nitrogen functional groups attached to an aromatic ring is 2. The highest BCUT2D eigenvalue weighted by molar-refractivity contribution is 5.95. The molecule has 2 aromatic carbocycles. The summed E-state index contributed by atoms with van der Waals surface area (Å²) in [6.07, 6.45) is 0. The van der Waals surface area contributed by atoms with E-state index < -0.39 is 0 Å². The van der Waals surface area contributed by atoms with Gasteiger partial charge in [-0.2, -0.15) is 0 Å². The van der Waals surface area contributed by atoms with Gasteiger partial charge in [-0.25, -0.2) is 0 Å². The number of benzene rings is 2. The highest BCUT2D eigenvalue weighted by Crippen LogP contribution is 2.15. The fourth-order valence-electron chi connectivity index (χ4n) is 1.75. The van der Waals surface area contributed by atoms with Crippen LogP contribution in [0.1, 0.15) is 16.7 Å². The maximum absolute atomic E-state index is 7.40. The first-order chi connectivity index (χ1) is 9.56. The molecule has 2 rings (SSSR count). The van der Waals surface area contributed by atoms with Gasteiger partial charge in [-0.15, -0.1) is 0 Å². The molecule has 5 nitrogen and oxygen atoms in total. The lowest BCUT2D eigenvalue weighted by Gasteiger charge is -2.08. The average molecular weight is 268 g/mol. The Hall–Kier alpha value is -2.82. The molecule has 0 aliphatic rings. The van der Waals surface area contributed by atoms with Gasteiger partial charge in [-0.3, -0.25) is 10.8 Å². The highest BCUT2D eigenvalue weighted by Gasteiger charge is 2.02. The normalized spacial score (nSPS) is 10.0. The summed E-state index contributed by atoms with van der Waals surface area (Å²) in [7, 11) is 0. The molecule has 0 saturated carbocycles. The molecule has 0 atom stereocenters. The molecule has 0 saturated heterocycles. The smallest absolute Gasteiger partial charge is 0.122 e. The van der Waals surface area contributed by atoms with Crippen LogP contribution in [0.25, 0.3) is 0 Å². The molecule has 102 valence electrons. The second-order valence-electron chi connectivity index (χ2n) is 4.34. The third-order valence-electron chi connectivity index (χ3n) is 2.79. The van der Waals surface area contributed by atoms with E-state index in [2.05, 4.69) is 0 Å². The van der Waals surface area contributed by atoms with Crippen LogP contribution in [-0.4, -0.2) is 11.7 Å². The number of hydrogen-bond donors (Lipinski definition) is 4. The van der Waals surface area contributed by atoms with Crippen molar-refractivity contribution in [1.29, 1.82) is 10.8 Å². The molecule has 20 heavy (non-hydrogen) atoms. The zero-order chi connectivity index (χ0) is 14.5. The molecule has 6 N–H and O–H groups in total. The largest absolute Gasteiger partial charge is 0.489 e. The highest BCUT2D eigenvalue weighted by atomic mass is 16.5. The molecule has 0 unspecified atom stereocenters. The molecule has 0 bridgehead atoms. The van der Waals surface area contributed by atoms with E-state index in [0.717, 1.165) is 5.56 Å². The van der Waals surface area contributed by atoms with Crippen molar-refractivity contribution in [2.24, 2.45) is 11.5 Å². The molecule has 0 aromatic heterocycles. The van der Waals surface area contributed by atoms with Crippen LogP contribution < -0.4 is 16.2 Å². The van der Waals surface area contributed by atoms with Gasteiger partial charge in [0.25, 0.3) is 0 Å². The van der Waals surface area contributed by atoms with Gasteiger partial charge in [0.15, 0.2) is 0 Å². The van der Waals surface area contributed by atoms with E-state index in [0.29, 0.717) is 23.5 Å². The summed E-state index contributed by atoms with van der Waals surface area (Å²) < 4.78 is 5.65. The summed E-state index contributed by atoms with van der Waals surface area (Å²) in [6, 6.07) is 14.4. The zero-order valence-electron chi connectivity index (χ0n) is 10.9. The first-order valence-corrected chi connectivity index (χ1v) is 6.07. The van der Waals surface area contributed by atoms with E-state index in [4.69, 9.17) is 27.0 Å². The minimum Gasteiger partial charge on any atom is -0.489 e. The van der Waals surface area contributed by atoms with Gasteiger partial charge < -0.3 is 16.2 Å². The molecular weight excluding hydrogens is 252 g/mol. The Bertz CT molecular complexity index is 594. The molecule has 0 fully saturated rings. The van der Waals surface area contributed by atoms with Crippen LogP contribution in [0.15, 0.2) is 48.5 Å². The molecule has 0 amide bonds. The van der Waals surface area contributed by atoms with E-state index in [1.807, 2.05) is 18.2 Å². The summed E-state index contributed by atoms with van der Waals surface area (Å²) in [4.78, 5) is 0. The Morgan fingerprint density at radius 2 is 1.50 bits per heavy atom. The summed E-state index contributed by atoms with van der Waals surface area (Å²) in [6.45, 7) is 0.364. The lowest BCUT2D eigenvalue weighted by atomic mass is 10.1. The van der Waals surface area contributed by atoms with Gasteiger partial charge in [0.2, 0.25) is 0 Å². The van der Waals surface area contributed by atoms with Crippen LogP contribution >= 0.6 is 0 Å². The second kappa shape index (κ2) is 5.88. The lowest BCUT2D eigenvalue weighted by molar-refractivity contribution is 0.306. The SMILES string of the molecule is N=C(N)c1cccc(COc2cccc(C(=N)N)c2)c1. The van der Waals surface area contributed by atoms with Crippen LogP contribution in [0.2, 0.25) is 0 Å². The van der Waals surface area contributed by atoms with Crippen molar-refractivity contribution in [1.82, 2.24) is 0 Å². The predicted octanol–water partition coefficient (Wildman–Crippen LogP) is 1.83. The van der Waals surface area contributed by atoms with E-state index >= 15 is 0 Å². The molecular formula is C15H16N4O. The van der Waals surface area contributed by atoms with E-state index in [-0.39, 0.29) is 11.7 Å². The van der Waals surface area contributed by atoms with Gasteiger partial charge in [-0.05, 0) is 23.8 Å². The number of hydrogen-bond acceptors (Lipinski definition) is 3. The maximum Gasteiger partial charge on any atom is 0.122 e. The zero-order valence-corrected chi connectivity index (χ0v) is 10.9. The summed E-state index contributed by atoms with van der Waals surface area (Å²) in [5, 5.41) is 14.8. The molecule has 0 heterocycles. The van der Waals surface area contributed by atoms with E-state index in [9.17, 15) is 0 Å². The van der Waals surface area contributed by atoms with Crippen LogP contribution in [0.5, 0.6) is 5.75 Å². The van der Waals surface area contributed by atoms with Gasteiger partial charge >= 0.3 is 0 Å². The summed E-state index contributed by atoms with van der Waals surface area (Å²) in [5.74, 6) is 0.686. The average Bonchev–Trinajstić information content (AvgIpc) is 2.45. The third kappa shape index (κ3) is 3.35. The van der Waals surface area contributed by atoms with Crippen LogP contribution in [0.4, 0.5) is 0 Å². The minimum absolute atomic E-state index is 0.00836. The Morgan fingerprint density at radius 1 is 0.900 bits per heavy atom. The predicted molar refractivity (Wildman–Crippen MR) is 79.2 cm³/mol. The topological polar surface area (TPSA) is 109 Å². The number of amidine groups is 2. The summed E-state index contributed by atoms with van der Waals surface area (Å²) >= 11 is 0. The van der Waals surface area contributed by atoms with Crippen molar-refractivity contribution in [2.75, 3.05) is 0 Å².